The lowest BCUT2D eigenvalue weighted by molar-refractivity contribution is -0.0907. The molecule has 2 aliphatic heterocycles. The zero-order valence-electron chi connectivity index (χ0n) is 22.9. The van der Waals surface area contributed by atoms with Crippen molar-refractivity contribution in [2.75, 3.05) is 26.3 Å². The Balaban J connectivity index is 1.35. The van der Waals surface area contributed by atoms with E-state index in [2.05, 4.69) is 10.3 Å². The maximum atomic E-state index is 13.8. The number of hydrogen-bond acceptors (Lipinski definition) is 9. The molecule has 2 fully saturated rings. The van der Waals surface area contributed by atoms with Gasteiger partial charge in [0.2, 0.25) is 10.0 Å². The molecule has 3 heterocycles. The highest BCUT2D eigenvalue weighted by molar-refractivity contribution is 7.89. The molecule has 5 atom stereocenters. The number of fused-ring (bicyclic) bond motifs is 2. The standard InChI is InChI=1S/C28H36N4O7S2/c1-17(2)14-32(41(35,36)19-8-9-21-25(13-19)40-27(29)30-21)15-23(33)22(12-18-6-4-3-5-7-18)31-28(34)39-24-16-38-26-20(24)10-11-37-26/h3-9,13,17,20,22-24,26,33H,10-12,14-16H2,1-2H3,(H3,29,30,31,34)/p-1/t20-,22-,23+,24-,26+/m0/s1. The van der Waals surface area contributed by atoms with Gasteiger partial charge in [0.25, 0.3) is 0 Å². The zero-order valence-corrected chi connectivity index (χ0v) is 24.6. The van der Waals surface area contributed by atoms with Crippen LogP contribution in [-0.4, -0.2) is 79.7 Å². The third-order valence-electron chi connectivity index (χ3n) is 7.27. The lowest BCUT2D eigenvalue weighted by Gasteiger charge is -2.31. The van der Waals surface area contributed by atoms with Gasteiger partial charge in [-0.25, -0.2) is 13.2 Å². The molecule has 2 aromatic carbocycles. The van der Waals surface area contributed by atoms with E-state index in [0.717, 1.165) is 23.3 Å². The number of alkyl carbamates (subject to hydrolysis) is 1. The average Bonchev–Trinajstić information content (AvgIpc) is 3.64. The van der Waals surface area contributed by atoms with Gasteiger partial charge in [-0.1, -0.05) is 50.2 Å². The van der Waals surface area contributed by atoms with E-state index >= 15 is 0 Å². The molecule has 1 amide bonds. The van der Waals surface area contributed by atoms with Gasteiger partial charge in [-0.05, 0) is 47.1 Å². The second-order valence-corrected chi connectivity index (χ2v) is 13.8. The van der Waals surface area contributed by atoms with Crippen LogP contribution >= 0.6 is 11.3 Å². The molecule has 0 saturated carbocycles. The van der Waals surface area contributed by atoms with Crippen molar-refractivity contribution in [3.63, 3.8) is 0 Å². The predicted molar refractivity (Wildman–Crippen MR) is 154 cm³/mol. The fourth-order valence-corrected chi connectivity index (χ4v) is 7.73. The molecule has 1 aromatic heterocycles. The summed E-state index contributed by atoms with van der Waals surface area (Å²) in [5.74, 6) is -0.0645. The summed E-state index contributed by atoms with van der Waals surface area (Å²) >= 11 is 1.10. The van der Waals surface area contributed by atoms with Crippen LogP contribution in [-0.2, 0) is 30.7 Å². The van der Waals surface area contributed by atoms with Gasteiger partial charge in [0.05, 0.1) is 36.2 Å². The number of carbonyl (C=O) groups is 1. The number of benzene rings is 2. The Morgan fingerprint density at radius 3 is 2.76 bits per heavy atom. The molecule has 13 heteroatoms. The van der Waals surface area contributed by atoms with Crippen LogP contribution < -0.4 is 5.32 Å². The van der Waals surface area contributed by atoms with Gasteiger partial charge in [0, 0.05) is 17.8 Å². The minimum absolute atomic E-state index is 0.0293. The number of aromatic nitrogens is 1. The van der Waals surface area contributed by atoms with Gasteiger partial charge < -0.3 is 35.4 Å². The van der Waals surface area contributed by atoms with E-state index in [0.29, 0.717) is 16.8 Å². The van der Waals surface area contributed by atoms with Gasteiger partial charge in [-0.2, -0.15) is 4.31 Å². The fraction of sp³-hybridized carbons (Fsp3) is 0.500. The van der Waals surface area contributed by atoms with Crippen LogP contribution in [0.2, 0.25) is 0 Å². The van der Waals surface area contributed by atoms with Crippen LogP contribution in [0.25, 0.3) is 16.0 Å². The van der Waals surface area contributed by atoms with Gasteiger partial charge in [-0.15, -0.1) is 11.3 Å². The third kappa shape index (κ3) is 6.99. The van der Waals surface area contributed by atoms with E-state index in [-0.39, 0.29) is 54.3 Å². The van der Waals surface area contributed by atoms with E-state index in [9.17, 15) is 18.3 Å². The minimum Gasteiger partial charge on any atom is -0.473 e. The number of carbonyl (C=O) groups excluding carboxylic acids is 1. The summed E-state index contributed by atoms with van der Waals surface area (Å²) in [5, 5.41) is 14.3. The second-order valence-electron chi connectivity index (χ2n) is 10.8. The Kier molecular flexibility index (Phi) is 9.12. The first-order valence-electron chi connectivity index (χ1n) is 13.6. The Bertz CT molecular complexity index is 1450. The summed E-state index contributed by atoms with van der Waals surface area (Å²) < 4.78 is 46.2. The largest absolute Gasteiger partial charge is 0.473 e. The van der Waals surface area contributed by atoms with Crippen LogP contribution in [0.15, 0.2) is 53.4 Å². The highest BCUT2D eigenvalue weighted by Crippen LogP contribution is 2.33. The van der Waals surface area contributed by atoms with Crippen LogP contribution in [0.3, 0.4) is 0 Å². The third-order valence-corrected chi connectivity index (χ3v) is 9.93. The zero-order chi connectivity index (χ0) is 29.1. The first-order valence-corrected chi connectivity index (χ1v) is 15.9. The monoisotopic (exact) mass is 603 g/mol. The highest BCUT2D eigenvalue weighted by atomic mass is 32.2. The van der Waals surface area contributed by atoms with Crippen molar-refractivity contribution >= 4 is 42.8 Å². The summed E-state index contributed by atoms with van der Waals surface area (Å²) in [7, 11) is -4.02. The summed E-state index contributed by atoms with van der Waals surface area (Å²) in [6, 6.07) is 13.1. The van der Waals surface area contributed by atoms with Crippen molar-refractivity contribution in [1.29, 1.82) is 0 Å². The van der Waals surface area contributed by atoms with E-state index in [1.807, 2.05) is 44.2 Å². The van der Waals surface area contributed by atoms with Crippen LogP contribution in [0.1, 0.15) is 25.8 Å². The summed E-state index contributed by atoms with van der Waals surface area (Å²) in [4.78, 5) is 17.2. The molecule has 0 aliphatic carbocycles. The maximum absolute atomic E-state index is 13.8. The average molecular weight is 604 g/mol. The molecule has 0 bridgehead atoms. The van der Waals surface area contributed by atoms with E-state index in [4.69, 9.17) is 19.9 Å². The van der Waals surface area contributed by atoms with Crippen molar-refractivity contribution in [2.45, 2.75) is 56.1 Å². The van der Waals surface area contributed by atoms with Crippen LogP contribution in [0.4, 0.5) is 9.93 Å². The number of thiazole rings is 1. The molecule has 0 unspecified atom stereocenters. The SMILES string of the molecule is CC(C)CN(C[C@@H](O)[C@H](Cc1ccccc1)NC(=O)O[C@H]1CO[C@H]2OCC[C@H]21)S(=O)(=O)c1ccc2nc([NH-])sc2c1. The van der Waals surface area contributed by atoms with Crippen molar-refractivity contribution in [1.82, 2.24) is 14.6 Å². The molecule has 222 valence electrons. The molecule has 11 nitrogen and oxygen atoms in total. The van der Waals surface area contributed by atoms with Gasteiger partial charge in [0.15, 0.2) is 6.29 Å². The molecule has 3 aromatic rings. The molecular formula is C28H35N4O7S2-. The van der Waals surface area contributed by atoms with Crippen molar-refractivity contribution in [2.24, 2.45) is 11.8 Å². The van der Waals surface area contributed by atoms with Crippen LogP contribution in [0.5, 0.6) is 0 Å². The lowest BCUT2D eigenvalue weighted by Crippen LogP contribution is -2.51. The second kappa shape index (κ2) is 12.6. The number of aliphatic hydroxyl groups is 1. The minimum atomic E-state index is -4.02. The highest BCUT2D eigenvalue weighted by Gasteiger charge is 2.44. The number of nitrogens with one attached hydrogen (secondary N) is 2. The molecule has 2 saturated heterocycles. The van der Waals surface area contributed by atoms with Gasteiger partial charge in [0.1, 0.15) is 6.10 Å². The fourth-order valence-electron chi connectivity index (χ4n) is 5.25. The normalized spacial score (nSPS) is 22.2. The molecular weight excluding hydrogens is 568 g/mol. The Hall–Kier alpha value is -2.81. The number of nitrogens with zero attached hydrogens (tertiary/aromatic N) is 2. The number of amides is 1. The molecule has 41 heavy (non-hydrogen) atoms. The van der Waals surface area contributed by atoms with E-state index < -0.39 is 34.4 Å². The maximum Gasteiger partial charge on any atom is 0.407 e. The Morgan fingerprint density at radius 1 is 1.22 bits per heavy atom. The number of ether oxygens (including phenoxy) is 3. The molecule has 3 N–H and O–H groups in total. The van der Waals surface area contributed by atoms with Gasteiger partial charge >= 0.3 is 6.09 Å². The van der Waals surface area contributed by atoms with E-state index in [1.165, 1.54) is 16.4 Å². The summed E-state index contributed by atoms with van der Waals surface area (Å²) in [6.07, 6.45) is -1.78. The smallest absolute Gasteiger partial charge is 0.407 e. The Labute approximate surface area is 243 Å². The number of hydrogen-bond donors (Lipinski definition) is 2. The van der Waals surface area contributed by atoms with Crippen LogP contribution in [0, 0.1) is 11.8 Å². The topological polar surface area (TPSA) is 151 Å². The lowest BCUT2D eigenvalue weighted by atomic mass is 10.0. The van der Waals surface area contributed by atoms with Crippen molar-refractivity contribution < 1.29 is 32.5 Å². The summed E-state index contributed by atoms with van der Waals surface area (Å²) in [5.41, 5.74) is 9.20. The molecule has 0 radical (unpaired) electrons. The number of aliphatic hydroxyl groups excluding tert-OH is 1. The quantitative estimate of drug-likeness (QED) is 0.333. The molecule has 0 spiro atoms. The van der Waals surface area contributed by atoms with Crippen molar-refractivity contribution in [3.8, 4) is 0 Å². The number of sulfonamides is 1. The Morgan fingerprint density at radius 2 is 2.00 bits per heavy atom. The van der Waals surface area contributed by atoms with Crippen molar-refractivity contribution in [3.05, 3.63) is 59.8 Å². The summed E-state index contributed by atoms with van der Waals surface area (Å²) in [6.45, 7) is 4.50. The first-order chi connectivity index (χ1) is 19.6. The molecule has 2 aliphatic rings. The first kappa shape index (κ1) is 29.7. The predicted octanol–water partition coefficient (Wildman–Crippen LogP) is 4.09. The van der Waals surface area contributed by atoms with Gasteiger partial charge in [-0.3, -0.25) is 0 Å². The van der Waals surface area contributed by atoms with E-state index in [1.54, 1.807) is 6.07 Å². The molecule has 5 rings (SSSR count). The number of rotatable bonds is 11.